The molecule has 94 valence electrons. The molecule has 1 saturated heterocycles. The predicted molar refractivity (Wildman–Crippen MR) is 68.3 cm³/mol. The summed E-state index contributed by atoms with van der Waals surface area (Å²) in [7, 11) is 0. The zero-order valence-electron chi connectivity index (χ0n) is 9.90. The second-order valence-electron chi connectivity index (χ2n) is 4.07. The van der Waals surface area contributed by atoms with Gasteiger partial charge in [0.15, 0.2) is 5.82 Å². The third kappa shape index (κ3) is 2.98. The monoisotopic (exact) mass is 256 g/mol. The van der Waals surface area contributed by atoms with Crippen LogP contribution in [0.3, 0.4) is 0 Å². The summed E-state index contributed by atoms with van der Waals surface area (Å²) in [4.78, 5) is 10.1. The van der Waals surface area contributed by atoms with Crippen molar-refractivity contribution in [2.24, 2.45) is 0 Å². The molecule has 1 aliphatic heterocycles. The molecular weight excluding hydrogens is 240 g/mol. The van der Waals surface area contributed by atoms with Crippen LogP contribution < -0.4 is 10.6 Å². The lowest BCUT2D eigenvalue weighted by molar-refractivity contribution is 0.115. The Hall–Kier alpha value is -1.07. The van der Waals surface area contributed by atoms with Crippen molar-refractivity contribution in [1.82, 2.24) is 9.97 Å². The highest BCUT2D eigenvalue weighted by Crippen LogP contribution is 2.24. The van der Waals surface area contributed by atoms with Crippen molar-refractivity contribution in [3.63, 3.8) is 0 Å². The molecule has 0 aliphatic carbocycles. The number of hydrogen-bond donors (Lipinski definition) is 1. The van der Waals surface area contributed by atoms with E-state index in [0.29, 0.717) is 10.8 Å². The van der Waals surface area contributed by atoms with Crippen LogP contribution in [0.5, 0.6) is 0 Å². The largest absolute Gasteiger partial charge is 0.376 e. The van der Waals surface area contributed by atoms with Crippen molar-refractivity contribution in [3.8, 4) is 0 Å². The molecule has 1 aromatic heterocycles. The van der Waals surface area contributed by atoms with E-state index in [0.717, 1.165) is 32.5 Å². The third-order valence-electron chi connectivity index (χ3n) is 2.87. The summed E-state index contributed by atoms with van der Waals surface area (Å²) in [5.41, 5.74) is 5.59. The van der Waals surface area contributed by atoms with E-state index >= 15 is 0 Å². The maximum atomic E-state index is 6.09. The van der Waals surface area contributed by atoms with Crippen LogP contribution in [0.4, 0.5) is 11.8 Å². The lowest BCUT2D eigenvalue weighted by Gasteiger charge is -2.25. The SMILES string of the molecule is CCN(CC1CCCO1)c1nc(N)ncc1Cl. The Morgan fingerprint density at radius 1 is 1.65 bits per heavy atom. The van der Waals surface area contributed by atoms with Gasteiger partial charge in [0, 0.05) is 19.7 Å². The molecule has 2 heterocycles. The van der Waals surface area contributed by atoms with Gasteiger partial charge < -0.3 is 15.4 Å². The second kappa shape index (κ2) is 5.51. The van der Waals surface area contributed by atoms with Crippen molar-refractivity contribution in [2.75, 3.05) is 30.3 Å². The van der Waals surface area contributed by atoms with E-state index in [1.807, 2.05) is 0 Å². The first-order chi connectivity index (χ1) is 8.20. The van der Waals surface area contributed by atoms with Crippen molar-refractivity contribution >= 4 is 23.4 Å². The topological polar surface area (TPSA) is 64.3 Å². The number of nitrogens with two attached hydrogens (primary N) is 1. The van der Waals surface area contributed by atoms with E-state index in [-0.39, 0.29) is 12.1 Å². The third-order valence-corrected chi connectivity index (χ3v) is 3.14. The molecule has 0 amide bonds. The van der Waals surface area contributed by atoms with E-state index < -0.39 is 0 Å². The molecule has 0 saturated carbocycles. The quantitative estimate of drug-likeness (QED) is 0.889. The molecule has 1 fully saturated rings. The molecule has 1 aliphatic rings. The van der Waals surface area contributed by atoms with Gasteiger partial charge >= 0.3 is 0 Å². The number of halogens is 1. The molecular formula is C11H17ClN4O. The van der Waals surface area contributed by atoms with Crippen molar-refractivity contribution in [2.45, 2.75) is 25.9 Å². The van der Waals surface area contributed by atoms with Gasteiger partial charge in [-0.2, -0.15) is 4.98 Å². The van der Waals surface area contributed by atoms with Crippen LogP contribution in [-0.2, 0) is 4.74 Å². The van der Waals surface area contributed by atoms with Gasteiger partial charge in [-0.15, -0.1) is 0 Å². The van der Waals surface area contributed by atoms with E-state index in [9.17, 15) is 0 Å². The van der Waals surface area contributed by atoms with E-state index in [1.54, 1.807) is 0 Å². The number of ether oxygens (including phenoxy) is 1. The Morgan fingerprint density at radius 2 is 2.47 bits per heavy atom. The van der Waals surface area contributed by atoms with Crippen molar-refractivity contribution in [1.29, 1.82) is 0 Å². The van der Waals surface area contributed by atoms with Crippen LogP contribution in [0.15, 0.2) is 6.20 Å². The second-order valence-corrected chi connectivity index (χ2v) is 4.48. The van der Waals surface area contributed by atoms with Gasteiger partial charge in [-0.25, -0.2) is 4.98 Å². The standard InChI is InChI=1S/C11H17ClN4O/c1-2-16(7-8-4-3-5-17-8)10-9(12)6-14-11(13)15-10/h6,8H,2-5,7H2,1H3,(H2,13,14,15). The molecule has 2 N–H and O–H groups in total. The molecule has 0 bridgehead atoms. The summed E-state index contributed by atoms with van der Waals surface area (Å²) in [6.45, 7) is 4.52. The first-order valence-corrected chi connectivity index (χ1v) is 6.23. The van der Waals surface area contributed by atoms with Crippen LogP contribution in [0.2, 0.25) is 5.02 Å². The number of likely N-dealkylation sites (N-methyl/N-ethyl adjacent to an activating group) is 1. The first-order valence-electron chi connectivity index (χ1n) is 5.85. The lowest BCUT2D eigenvalue weighted by Crippen LogP contribution is -2.33. The Labute approximate surface area is 106 Å². The minimum Gasteiger partial charge on any atom is -0.376 e. The maximum Gasteiger partial charge on any atom is 0.222 e. The lowest BCUT2D eigenvalue weighted by atomic mass is 10.2. The van der Waals surface area contributed by atoms with Gasteiger partial charge in [-0.05, 0) is 19.8 Å². The summed E-state index contributed by atoms with van der Waals surface area (Å²) < 4.78 is 5.62. The van der Waals surface area contributed by atoms with E-state index in [2.05, 4.69) is 21.8 Å². The number of anilines is 2. The normalized spacial score (nSPS) is 19.5. The summed E-state index contributed by atoms with van der Waals surface area (Å²) in [5.74, 6) is 0.937. The van der Waals surface area contributed by atoms with Gasteiger partial charge in [0.25, 0.3) is 0 Å². The number of hydrogen-bond acceptors (Lipinski definition) is 5. The van der Waals surface area contributed by atoms with Gasteiger partial charge in [0.05, 0.1) is 12.3 Å². The molecule has 1 unspecified atom stereocenters. The zero-order chi connectivity index (χ0) is 12.3. The fourth-order valence-corrected chi connectivity index (χ4v) is 2.20. The molecule has 1 atom stereocenters. The molecule has 0 radical (unpaired) electrons. The van der Waals surface area contributed by atoms with Crippen molar-refractivity contribution < 1.29 is 4.74 Å². The average Bonchev–Trinajstić information content (AvgIpc) is 2.82. The summed E-state index contributed by atoms with van der Waals surface area (Å²) in [6.07, 6.45) is 4.02. The highest BCUT2D eigenvalue weighted by atomic mass is 35.5. The number of nitrogen functional groups attached to an aromatic ring is 1. The van der Waals surface area contributed by atoms with Gasteiger partial charge in [0.1, 0.15) is 5.02 Å². The van der Waals surface area contributed by atoms with Crippen LogP contribution in [0, 0.1) is 0 Å². The highest BCUT2D eigenvalue weighted by Gasteiger charge is 2.20. The Kier molecular flexibility index (Phi) is 4.02. The molecule has 5 nitrogen and oxygen atoms in total. The van der Waals surface area contributed by atoms with Gasteiger partial charge in [-0.1, -0.05) is 11.6 Å². The fraction of sp³-hybridized carbons (Fsp3) is 0.636. The first kappa shape index (κ1) is 12.4. The Balaban J connectivity index is 2.13. The van der Waals surface area contributed by atoms with Crippen LogP contribution in [-0.4, -0.2) is 35.8 Å². The molecule has 1 aromatic rings. The number of aromatic nitrogens is 2. The smallest absolute Gasteiger partial charge is 0.222 e. The number of rotatable bonds is 4. The maximum absolute atomic E-state index is 6.09. The zero-order valence-corrected chi connectivity index (χ0v) is 10.7. The van der Waals surface area contributed by atoms with Crippen LogP contribution in [0.1, 0.15) is 19.8 Å². The molecule has 6 heteroatoms. The van der Waals surface area contributed by atoms with E-state index in [4.69, 9.17) is 22.1 Å². The fourth-order valence-electron chi connectivity index (χ4n) is 1.99. The van der Waals surface area contributed by atoms with E-state index in [1.165, 1.54) is 6.20 Å². The molecule has 0 aromatic carbocycles. The van der Waals surface area contributed by atoms with Gasteiger partial charge in [0.2, 0.25) is 5.95 Å². The minimum atomic E-state index is 0.246. The predicted octanol–water partition coefficient (Wildman–Crippen LogP) is 1.72. The molecule has 0 spiro atoms. The van der Waals surface area contributed by atoms with Crippen LogP contribution in [0.25, 0.3) is 0 Å². The Morgan fingerprint density at radius 3 is 3.12 bits per heavy atom. The van der Waals surface area contributed by atoms with Gasteiger partial charge in [-0.3, -0.25) is 0 Å². The summed E-state index contributed by atoms with van der Waals surface area (Å²) in [6, 6.07) is 0. The molecule has 17 heavy (non-hydrogen) atoms. The van der Waals surface area contributed by atoms with Crippen LogP contribution >= 0.6 is 11.6 Å². The highest BCUT2D eigenvalue weighted by molar-refractivity contribution is 6.32. The average molecular weight is 257 g/mol. The summed E-state index contributed by atoms with van der Waals surface area (Å²) >= 11 is 6.09. The van der Waals surface area contributed by atoms with Crippen molar-refractivity contribution in [3.05, 3.63) is 11.2 Å². The summed E-state index contributed by atoms with van der Waals surface area (Å²) in [5, 5.41) is 0.527. The Bertz CT molecular complexity index is 382. The number of nitrogens with zero attached hydrogens (tertiary/aromatic N) is 3. The molecule has 2 rings (SSSR count). The minimum absolute atomic E-state index is 0.246.